The number of hydrogen-bond acceptors (Lipinski definition) is 2. The molecular formula is C16H27NO3. The molecule has 0 spiro atoms. The summed E-state index contributed by atoms with van der Waals surface area (Å²) in [6.07, 6.45) is 9.02. The smallest absolute Gasteiger partial charge is 0.306 e. The minimum atomic E-state index is -0.746. The number of carbonyl (C=O) groups is 2. The fourth-order valence-corrected chi connectivity index (χ4v) is 3.79. The van der Waals surface area contributed by atoms with E-state index in [-0.39, 0.29) is 17.7 Å². The second-order valence-corrected chi connectivity index (χ2v) is 6.72. The van der Waals surface area contributed by atoms with Crippen molar-refractivity contribution in [1.82, 2.24) is 5.32 Å². The highest BCUT2D eigenvalue weighted by Crippen LogP contribution is 2.44. The van der Waals surface area contributed by atoms with Crippen molar-refractivity contribution >= 4 is 11.9 Å². The van der Waals surface area contributed by atoms with Crippen LogP contribution in [0.4, 0.5) is 0 Å². The van der Waals surface area contributed by atoms with E-state index in [1.807, 2.05) is 0 Å². The fraction of sp³-hybridized carbons (Fsp3) is 0.875. The van der Waals surface area contributed by atoms with Gasteiger partial charge in [0.1, 0.15) is 0 Å². The molecule has 0 saturated heterocycles. The molecule has 2 atom stereocenters. The second kappa shape index (κ2) is 6.59. The average Bonchev–Trinajstić information content (AvgIpc) is 2.41. The summed E-state index contributed by atoms with van der Waals surface area (Å²) in [7, 11) is 0. The molecule has 2 aliphatic carbocycles. The molecule has 2 rings (SSSR count). The first kappa shape index (κ1) is 15.3. The molecule has 4 nitrogen and oxygen atoms in total. The van der Waals surface area contributed by atoms with E-state index in [0.717, 1.165) is 25.8 Å². The van der Waals surface area contributed by atoms with E-state index in [4.69, 9.17) is 5.11 Å². The lowest BCUT2D eigenvalue weighted by atomic mass is 9.66. The molecule has 0 bridgehead atoms. The maximum Gasteiger partial charge on any atom is 0.306 e. The third-order valence-electron chi connectivity index (χ3n) is 5.23. The van der Waals surface area contributed by atoms with Gasteiger partial charge in [-0.3, -0.25) is 9.59 Å². The summed E-state index contributed by atoms with van der Waals surface area (Å²) in [4.78, 5) is 23.3. The van der Waals surface area contributed by atoms with Crippen LogP contribution in [0.5, 0.6) is 0 Å². The van der Waals surface area contributed by atoms with Gasteiger partial charge in [-0.1, -0.05) is 26.2 Å². The summed E-state index contributed by atoms with van der Waals surface area (Å²) in [5.74, 6) is -1.08. The first-order chi connectivity index (χ1) is 9.56. The Bertz CT molecular complexity index is 363. The fourth-order valence-electron chi connectivity index (χ4n) is 3.79. The Labute approximate surface area is 121 Å². The summed E-state index contributed by atoms with van der Waals surface area (Å²) in [5.41, 5.74) is 0.339. The molecular weight excluding hydrogens is 254 g/mol. The molecule has 2 unspecified atom stereocenters. The number of carboxylic acids is 1. The van der Waals surface area contributed by atoms with Crippen LogP contribution < -0.4 is 5.32 Å². The Hall–Kier alpha value is -1.06. The molecule has 0 radical (unpaired) electrons. The van der Waals surface area contributed by atoms with E-state index in [0.29, 0.717) is 11.8 Å². The summed E-state index contributed by atoms with van der Waals surface area (Å²) >= 11 is 0. The molecule has 0 aromatic rings. The van der Waals surface area contributed by atoms with Gasteiger partial charge in [0.05, 0.1) is 5.92 Å². The van der Waals surface area contributed by atoms with E-state index < -0.39 is 5.97 Å². The third kappa shape index (κ3) is 3.53. The second-order valence-electron chi connectivity index (χ2n) is 6.72. The first-order valence-electron chi connectivity index (χ1n) is 8.07. The highest BCUT2D eigenvalue weighted by Gasteiger charge is 2.37. The Kier molecular flexibility index (Phi) is 5.06. The number of carboxylic acid groups (broad SMARTS) is 1. The monoisotopic (exact) mass is 281 g/mol. The molecule has 4 heteroatoms. The van der Waals surface area contributed by atoms with Gasteiger partial charge in [0, 0.05) is 12.5 Å². The van der Waals surface area contributed by atoms with Gasteiger partial charge in [0.2, 0.25) is 5.91 Å². The minimum Gasteiger partial charge on any atom is -0.481 e. The molecule has 0 heterocycles. The zero-order valence-corrected chi connectivity index (χ0v) is 12.5. The van der Waals surface area contributed by atoms with Crippen molar-refractivity contribution in [2.45, 2.75) is 64.7 Å². The Morgan fingerprint density at radius 3 is 2.45 bits per heavy atom. The molecule has 20 heavy (non-hydrogen) atoms. The minimum absolute atomic E-state index is 0.0818. The standard InChI is InChI=1S/C16H27NO3/c1-2-7-16(8-4-9-16)11-17-14(18)12-5-3-6-13(10-12)15(19)20/h12-13H,2-11H2,1H3,(H,17,18)(H,19,20). The molecule has 2 N–H and O–H groups in total. The highest BCUT2D eigenvalue weighted by molar-refractivity contribution is 5.80. The molecule has 0 aromatic carbocycles. The van der Waals surface area contributed by atoms with Crippen LogP contribution in [0.25, 0.3) is 0 Å². The molecule has 1 amide bonds. The lowest BCUT2D eigenvalue weighted by Gasteiger charge is -2.42. The van der Waals surface area contributed by atoms with Gasteiger partial charge >= 0.3 is 5.97 Å². The number of nitrogens with one attached hydrogen (secondary N) is 1. The summed E-state index contributed by atoms with van der Waals surface area (Å²) in [5, 5.41) is 12.2. The summed E-state index contributed by atoms with van der Waals surface area (Å²) in [6, 6.07) is 0. The lowest BCUT2D eigenvalue weighted by molar-refractivity contribution is -0.144. The van der Waals surface area contributed by atoms with Crippen molar-refractivity contribution in [3.05, 3.63) is 0 Å². The van der Waals surface area contributed by atoms with Gasteiger partial charge in [-0.25, -0.2) is 0 Å². The largest absolute Gasteiger partial charge is 0.481 e. The highest BCUT2D eigenvalue weighted by atomic mass is 16.4. The maximum absolute atomic E-state index is 12.3. The van der Waals surface area contributed by atoms with Gasteiger partial charge < -0.3 is 10.4 Å². The van der Waals surface area contributed by atoms with Crippen molar-refractivity contribution < 1.29 is 14.7 Å². The number of amides is 1. The van der Waals surface area contributed by atoms with Crippen LogP contribution in [-0.4, -0.2) is 23.5 Å². The van der Waals surface area contributed by atoms with Crippen molar-refractivity contribution in [3.8, 4) is 0 Å². The number of rotatable bonds is 6. The summed E-state index contributed by atoms with van der Waals surface area (Å²) in [6.45, 7) is 2.98. The molecule has 2 saturated carbocycles. The Balaban J connectivity index is 1.80. The van der Waals surface area contributed by atoms with Crippen LogP contribution in [0.15, 0.2) is 0 Å². The van der Waals surface area contributed by atoms with Gasteiger partial charge in [-0.2, -0.15) is 0 Å². The van der Waals surface area contributed by atoms with Gasteiger partial charge in [0.25, 0.3) is 0 Å². The number of aliphatic carboxylic acids is 1. The molecule has 2 aliphatic rings. The SMILES string of the molecule is CCCC1(CNC(=O)C2CCCC(C(=O)O)C2)CCC1. The van der Waals surface area contributed by atoms with E-state index in [1.54, 1.807) is 0 Å². The Morgan fingerprint density at radius 1 is 1.20 bits per heavy atom. The first-order valence-corrected chi connectivity index (χ1v) is 8.07. The number of carbonyl (C=O) groups excluding carboxylic acids is 1. The predicted octanol–water partition coefficient (Wildman–Crippen LogP) is 2.96. The van der Waals surface area contributed by atoms with Gasteiger partial charge in [-0.05, 0) is 43.9 Å². The molecule has 114 valence electrons. The average molecular weight is 281 g/mol. The number of hydrogen-bond donors (Lipinski definition) is 2. The molecule has 0 aliphatic heterocycles. The predicted molar refractivity (Wildman–Crippen MR) is 77.3 cm³/mol. The van der Waals surface area contributed by atoms with Crippen LogP contribution in [-0.2, 0) is 9.59 Å². The molecule has 0 aromatic heterocycles. The quantitative estimate of drug-likeness (QED) is 0.786. The summed E-state index contributed by atoms with van der Waals surface area (Å²) < 4.78 is 0. The van der Waals surface area contributed by atoms with Crippen LogP contribution in [0.3, 0.4) is 0 Å². The van der Waals surface area contributed by atoms with Gasteiger partial charge in [0.15, 0.2) is 0 Å². The van der Waals surface area contributed by atoms with Crippen molar-refractivity contribution in [2.24, 2.45) is 17.3 Å². The van der Waals surface area contributed by atoms with E-state index in [1.165, 1.54) is 32.1 Å². The zero-order valence-electron chi connectivity index (χ0n) is 12.5. The van der Waals surface area contributed by atoms with Crippen molar-refractivity contribution in [3.63, 3.8) is 0 Å². The van der Waals surface area contributed by atoms with E-state index in [9.17, 15) is 9.59 Å². The normalized spacial score (nSPS) is 28.4. The van der Waals surface area contributed by atoms with Crippen LogP contribution in [0.1, 0.15) is 64.7 Å². The Morgan fingerprint density at radius 2 is 1.90 bits per heavy atom. The van der Waals surface area contributed by atoms with Crippen molar-refractivity contribution in [1.29, 1.82) is 0 Å². The van der Waals surface area contributed by atoms with Crippen LogP contribution >= 0.6 is 0 Å². The third-order valence-corrected chi connectivity index (χ3v) is 5.23. The zero-order chi connectivity index (χ0) is 14.6. The van der Waals surface area contributed by atoms with Crippen LogP contribution in [0, 0.1) is 17.3 Å². The van der Waals surface area contributed by atoms with E-state index in [2.05, 4.69) is 12.2 Å². The van der Waals surface area contributed by atoms with Crippen molar-refractivity contribution in [2.75, 3.05) is 6.54 Å². The molecule has 2 fully saturated rings. The maximum atomic E-state index is 12.3. The van der Waals surface area contributed by atoms with Crippen LogP contribution in [0.2, 0.25) is 0 Å². The topological polar surface area (TPSA) is 66.4 Å². The lowest BCUT2D eigenvalue weighted by Crippen LogP contribution is -2.44. The van der Waals surface area contributed by atoms with Gasteiger partial charge in [-0.15, -0.1) is 0 Å². The van der Waals surface area contributed by atoms with E-state index >= 15 is 0 Å².